The van der Waals surface area contributed by atoms with Crippen LogP contribution in [0.2, 0.25) is 0 Å². The Kier molecular flexibility index (Phi) is 32.4. The summed E-state index contributed by atoms with van der Waals surface area (Å²) in [5.41, 5.74) is 0.729. The molecular weight excluding hydrogens is 338 g/mol. The fourth-order valence-electron chi connectivity index (χ4n) is 0.532. The van der Waals surface area contributed by atoms with Crippen molar-refractivity contribution in [2.75, 3.05) is 0 Å². The van der Waals surface area contributed by atoms with E-state index in [1.807, 2.05) is 45.9 Å². The molecule has 0 amide bonds. The number of aldehydes is 1. The Morgan fingerprint density at radius 2 is 1.47 bits per heavy atom. The molecule has 0 aromatic heterocycles. The van der Waals surface area contributed by atoms with Crippen molar-refractivity contribution in [1.29, 1.82) is 0 Å². The number of carbonyl (C=O) groups is 1. The van der Waals surface area contributed by atoms with E-state index in [2.05, 4.69) is 25.2 Å². The van der Waals surface area contributed by atoms with Crippen LogP contribution in [0, 0.1) is 0 Å². The third-order valence-electron chi connectivity index (χ3n) is 0.936. The van der Waals surface area contributed by atoms with Gasteiger partial charge in [0.15, 0.2) is 0 Å². The zero-order chi connectivity index (χ0) is 12.5. The predicted molar refractivity (Wildman–Crippen MR) is 75.7 cm³/mol. The molecule has 0 saturated carbocycles. The molecule has 0 N–H and O–H groups in total. The molecule has 0 bridgehead atoms. The first-order valence-corrected chi connectivity index (χ1v) is 10.4. The van der Waals surface area contributed by atoms with E-state index in [1.165, 1.54) is 0 Å². The van der Waals surface area contributed by atoms with Gasteiger partial charge in [-0.25, -0.2) is 0 Å². The molecule has 3 heteroatoms. The Morgan fingerprint density at radius 1 is 1.13 bits per heavy atom. The van der Waals surface area contributed by atoms with E-state index < -0.39 is 0 Å². The molecule has 0 heterocycles. The SMILES string of the molecule is CC.CC.O=Cc1ccccc1.[CH2]=[V][I]. The van der Waals surface area contributed by atoms with Crippen LogP contribution in [0.1, 0.15) is 38.1 Å². The van der Waals surface area contributed by atoms with E-state index in [-0.39, 0.29) is 0 Å². The average Bonchev–Trinajstić information content (AvgIpc) is 2.36. The molecule has 1 aromatic rings. The van der Waals surface area contributed by atoms with E-state index in [9.17, 15) is 4.79 Å². The Bertz CT molecular complexity index is 212. The summed E-state index contributed by atoms with van der Waals surface area (Å²) in [6.07, 6.45) is 0.833. The van der Waals surface area contributed by atoms with E-state index in [0.29, 0.717) is 12.4 Å². The molecule has 0 aliphatic rings. The van der Waals surface area contributed by atoms with Crippen molar-refractivity contribution in [2.45, 2.75) is 27.7 Å². The van der Waals surface area contributed by atoms with Crippen molar-refractivity contribution >= 4 is 31.5 Å². The van der Waals surface area contributed by atoms with Gasteiger partial charge in [0.05, 0.1) is 0 Å². The molecule has 0 radical (unpaired) electrons. The second-order valence-corrected chi connectivity index (χ2v) is 4.83. The van der Waals surface area contributed by atoms with Crippen LogP contribution >= 0.6 is 20.0 Å². The molecule has 0 aliphatic heterocycles. The van der Waals surface area contributed by atoms with Gasteiger partial charge in [0.25, 0.3) is 0 Å². The summed E-state index contributed by atoms with van der Waals surface area (Å²) in [6.45, 7) is 8.00. The Hall–Kier alpha value is 0.0744. The average molecular weight is 358 g/mol. The molecule has 0 aliphatic carbocycles. The quantitative estimate of drug-likeness (QED) is 0.537. The Balaban J connectivity index is -0.000000176. The van der Waals surface area contributed by atoms with Crippen LogP contribution in [-0.2, 0) is 12.4 Å². The topological polar surface area (TPSA) is 17.1 Å². The Morgan fingerprint density at radius 3 is 1.67 bits per heavy atom. The maximum atomic E-state index is 10.0. The summed E-state index contributed by atoms with van der Waals surface area (Å²) in [7, 11) is 0. The standard InChI is InChI=1S/C7H6O.2C2H6.CH2.HI.V/c8-6-7-4-2-1-3-5-7;2*1-2;;;/h1-6H;2*1-2H3;1H2;1H;/q;;;;;+1/p-1. The zero-order valence-corrected chi connectivity index (χ0v) is 13.5. The van der Waals surface area contributed by atoms with Gasteiger partial charge in [0.1, 0.15) is 6.29 Å². The van der Waals surface area contributed by atoms with Crippen LogP contribution < -0.4 is 0 Å². The number of rotatable bonds is 1. The van der Waals surface area contributed by atoms with Crippen molar-refractivity contribution < 1.29 is 17.2 Å². The van der Waals surface area contributed by atoms with Gasteiger partial charge in [0, 0.05) is 5.56 Å². The summed E-state index contributed by atoms with van der Waals surface area (Å²) in [4.78, 5) is 10.0. The molecule has 0 unspecified atom stereocenters. The first-order chi connectivity index (χ1) is 7.35. The molecule has 0 spiro atoms. The number of carbonyl (C=O) groups excluding carboxylic acids is 1. The first-order valence-electron chi connectivity index (χ1n) is 4.92. The van der Waals surface area contributed by atoms with Crippen molar-refractivity contribution in [2.24, 2.45) is 0 Å². The number of hydrogen-bond acceptors (Lipinski definition) is 1. The van der Waals surface area contributed by atoms with Crippen LogP contribution in [0.15, 0.2) is 30.3 Å². The molecule has 15 heavy (non-hydrogen) atoms. The summed E-state index contributed by atoms with van der Waals surface area (Å²) in [6, 6.07) is 9.10. The third kappa shape index (κ3) is 20.2. The maximum absolute atomic E-state index is 10.0. The fourth-order valence-corrected chi connectivity index (χ4v) is 0.532. The van der Waals surface area contributed by atoms with Crippen LogP contribution in [0.3, 0.4) is 0 Å². The van der Waals surface area contributed by atoms with Crippen molar-refractivity contribution in [3.8, 4) is 0 Å². The van der Waals surface area contributed by atoms with Gasteiger partial charge in [-0.15, -0.1) is 0 Å². The number of benzene rings is 1. The van der Waals surface area contributed by atoms with E-state index >= 15 is 0 Å². The monoisotopic (exact) mass is 358 g/mol. The molecule has 0 fully saturated rings. The first kappa shape index (κ1) is 20.5. The van der Waals surface area contributed by atoms with Crippen LogP contribution in [0.25, 0.3) is 0 Å². The molecule has 0 saturated heterocycles. The van der Waals surface area contributed by atoms with E-state index in [1.54, 1.807) is 12.1 Å². The molecule has 0 atom stereocenters. The van der Waals surface area contributed by atoms with Gasteiger partial charge in [-0.3, -0.25) is 4.79 Å². The summed E-state index contributed by atoms with van der Waals surface area (Å²) >= 11 is 2.68. The van der Waals surface area contributed by atoms with Crippen molar-refractivity contribution in [3.05, 3.63) is 35.9 Å². The molecule has 86 valence electrons. The van der Waals surface area contributed by atoms with Gasteiger partial charge >= 0.3 is 37.6 Å². The number of halogens is 1. The predicted octanol–water partition coefficient (Wildman–Crippen LogP) is 4.40. The van der Waals surface area contributed by atoms with Gasteiger partial charge < -0.3 is 0 Å². The molecule has 1 rings (SSSR count). The molecule has 1 aromatic carbocycles. The number of hydrogen-bond donors (Lipinski definition) is 0. The van der Waals surface area contributed by atoms with Gasteiger partial charge in [-0.05, 0) is 0 Å². The zero-order valence-electron chi connectivity index (χ0n) is 9.90. The van der Waals surface area contributed by atoms with E-state index in [0.717, 1.165) is 11.8 Å². The van der Waals surface area contributed by atoms with Gasteiger partial charge in [-0.2, -0.15) is 0 Å². The fraction of sp³-hybridized carbons (Fsp3) is 0.333. The summed E-state index contributed by atoms with van der Waals surface area (Å²) in [5.74, 6) is 0. The van der Waals surface area contributed by atoms with Gasteiger partial charge in [-0.1, -0.05) is 58.0 Å². The minimum absolute atomic E-state index is 0.408. The van der Waals surface area contributed by atoms with Crippen molar-refractivity contribution in [3.63, 3.8) is 0 Å². The summed E-state index contributed by atoms with van der Waals surface area (Å²) in [5, 5.41) is 3.57. The normalized spacial score (nSPS) is 6.20. The van der Waals surface area contributed by atoms with Gasteiger partial charge in [0.2, 0.25) is 0 Å². The third-order valence-corrected chi connectivity index (χ3v) is 0.936. The Labute approximate surface area is 112 Å². The molecule has 1 nitrogen and oxygen atoms in total. The van der Waals surface area contributed by atoms with Crippen LogP contribution in [0.4, 0.5) is 0 Å². The second kappa shape index (κ2) is 23.7. The summed E-state index contributed by atoms with van der Waals surface area (Å²) < 4.78 is 0. The van der Waals surface area contributed by atoms with Crippen LogP contribution in [-0.4, -0.2) is 11.5 Å². The van der Waals surface area contributed by atoms with E-state index in [4.69, 9.17) is 0 Å². The van der Waals surface area contributed by atoms with Crippen LogP contribution in [0.5, 0.6) is 0 Å². The second-order valence-electron chi connectivity index (χ2n) is 1.65. The molecular formula is C12H20IOV. The minimum atomic E-state index is 0.408. The van der Waals surface area contributed by atoms with Crippen molar-refractivity contribution in [1.82, 2.24) is 0 Å².